The fraction of sp³-hybridized carbons (Fsp3) is 0.250. The molecule has 0 unspecified atom stereocenters. The van der Waals surface area contributed by atoms with E-state index in [1.165, 1.54) is 12.1 Å². The van der Waals surface area contributed by atoms with Gasteiger partial charge < -0.3 is 4.74 Å². The van der Waals surface area contributed by atoms with E-state index in [0.717, 1.165) is 6.42 Å². The molecule has 2 rings (SSSR count). The Morgan fingerprint density at radius 3 is 2.52 bits per heavy atom. The van der Waals surface area contributed by atoms with Gasteiger partial charge in [-0.3, -0.25) is 25.8 Å². The van der Waals surface area contributed by atoms with E-state index in [0.29, 0.717) is 28.9 Å². The second-order valence-corrected chi connectivity index (χ2v) is 7.80. The summed E-state index contributed by atoms with van der Waals surface area (Å²) in [5.41, 5.74) is 5.42. The highest BCUT2D eigenvalue weighted by atomic mass is 35.5. The maximum Gasteiger partial charge on any atom is 0.271 e. The fourth-order valence-corrected chi connectivity index (χ4v) is 2.84. The van der Waals surface area contributed by atoms with Crippen LogP contribution in [0.5, 0.6) is 5.75 Å². The van der Waals surface area contributed by atoms with Crippen molar-refractivity contribution in [2.75, 3.05) is 6.61 Å². The molecule has 3 N–H and O–H groups in total. The van der Waals surface area contributed by atoms with E-state index >= 15 is 0 Å². The van der Waals surface area contributed by atoms with Crippen molar-refractivity contribution < 1.29 is 14.3 Å². The first-order valence-electron chi connectivity index (χ1n) is 8.86. The molecule has 29 heavy (non-hydrogen) atoms. The Morgan fingerprint density at radius 1 is 1.07 bits per heavy atom. The molecule has 0 fully saturated rings. The summed E-state index contributed by atoms with van der Waals surface area (Å²) in [5, 5.41) is 3.03. The van der Waals surface area contributed by atoms with E-state index in [4.69, 9.17) is 40.2 Å². The maximum atomic E-state index is 12.4. The topological polar surface area (TPSA) is 79.5 Å². The third-order valence-electron chi connectivity index (χ3n) is 3.75. The van der Waals surface area contributed by atoms with Crippen molar-refractivity contribution in [2.45, 2.75) is 20.3 Å². The molecule has 0 aromatic heterocycles. The Balaban J connectivity index is 1.87. The molecule has 6 nitrogen and oxygen atoms in total. The minimum atomic E-state index is -0.524. The second kappa shape index (κ2) is 11.0. The second-order valence-electron chi connectivity index (χ2n) is 6.55. The standard InChI is InChI=1S/C20H21Cl2N3O3S/c1-12(2)8-9-28-15-5-3-4-13(10-15)18(26)23-20(29)25-24-19(27)16-7-6-14(21)11-17(16)22/h3-7,10-12H,8-9H2,1-2H3,(H,24,27)(H2,23,25,26,29). The van der Waals surface area contributed by atoms with Gasteiger partial charge in [0.15, 0.2) is 5.11 Å². The lowest BCUT2D eigenvalue weighted by Crippen LogP contribution is -2.48. The number of ether oxygens (including phenoxy) is 1. The summed E-state index contributed by atoms with van der Waals surface area (Å²) < 4.78 is 5.65. The van der Waals surface area contributed by atoms with Crippen LogP contribution in [0.25, 0.3) is 0 Å². The van der Waals surface area contributed by atoms with E-state index in [2.05, 4.69) is 30.0 Å². The third-order valence-corrected chi connectivity index (χ3v) is 4.50. The average Bonchev–Trinajstić information content (AvgIpc) is 2.66. The van der Waals surface area contributed by atoms with Crippen LogP contribution in [0.3, 0.4) is 0 Å². The Hall–Kier alpha value is -2.35. The average molecular weight is 454 g/mol. The maximum absolute atomic E-state index is 12.4. The van der Waals surface area contributed by atoms with Gasteiger partial charge in [0.1, 0.15) is 5.75 Å². The van der Waals surface area contributed by atoms with E-state index in [9.17, 15) is 9.59 Å². The summed E-state index contributed by atoms with van der Waals surface area (Å²) in [5.74, 6) is 0.171. The van der Waals surface area contributed by atoms with E-state index < -0.39 is 11.8 Å². The highest BCUT2D eigenvalue weighted by Crippen LogP contribution is 2.20. The molecule has 0 heterocycles. The summed E-state index contributed by atoms with van der Waals surface area (Å²) >= 11 is 16.8. The molecule has 0 aliphatic rings. The molecule has 2 aromatic rings. The van der Waals surface area contributed by atoms with Crippen LogP contribution in [0.4, 0.5) is 0 Å². The number of benzene rings is 2. The van der Waals surface area contributed by atoms with Crippen molar-refractivity contribution in [2.24, 2.45) is 5.92 Å². The van der Waals surface area contributed by atoms with E-state index in [1.54, 1.807) is 30.3 Å². The molecule has 154 valence electrons. The van der Waals surface area contributed by atoms with Crippen molar-refractivity contribution in [3.8, 4) is 5.75 Å². The minimum Gasteiger partial charge on any atom is -0.494 e. The Labute approximate surface area is 184 Å². The van der Waals surface area contributed by atoms with Crippen molar-refractivity contribution >= 4 is 52.3 Å². The summed E-state index contributed by atoms with van der Waals surface area (Å²) in [6.45, 7) is 4.80. The normalized spacial score (nSPS) is 10.4. The molecule has 0 aliphatic carbocycles. The van der Waals surface area contributed by atoms with Crippen LogP contribution in [-0.4, -0.2) is 23.5 Å². The first kappa shape index (κ1) is 22.9. The summed E-state index contributed by atoms with van der Waals surface area (Å²) in [6.07, 6.45) is 0.918. The first-order valence-corrected chi connectivity index (χ1v) is 10.0. The van der Waals surface area contributed by atoms with Gasteiger partial charge in [0.25, 0.3) is 11.8 Å². The molecule has 0 spiro atoms. The molecule has 0 radical (unpaired) electrons. The van der Waals surface area contributed by atoms with Gasteiger partial charge in [-0.05, 0) is 61.0 Å². The lowest BCUT2D eigenvalue weighted by atomic mass is 10.1. The number of carbonyl (C=O) groups excluding carboxylic acids is 2. The summed E-state index contributed by atoms with van der Waals surface area (Å²) in [4.78, 5) is 24.5. The molecule has 0 atom stereocenters. The van der Waals surface area contributed by atoms with Gasteiger partial charge in [0.2, 0.25) is 0 Å². The van der Waals surface area contributed by atoms with Crippen LogP contribution in [0.15, 0.2) is 42.5 Å². The van der Waals surface area contributed by atoms with Gasteiger partial charge in [-0.15, -0.1) is 0 Å². The predicted octanol–water partition coefficient (Wildman–Crippen LogP) is 4.37. The zero-order chi connectivity index (χ0) is 21.4. The van der Waals surface area contributed by atoms with Crippen molar-refractivity contribution in [3.63, 3.8) is 0 Å². The number of amides is 2. The lowest BCUT2D eigenvalue weighted by molar-refractivity contribution is 0.0934. The molecule has 9 heteroatoms. The van der Waals surface area contributed by atoms with Crippen molar-refractivity contribution in [3.05, 3.63) is 63.6 Å². The number of thiocarbonyl (C=S) groups is 1. The predicted molar refractivity (Wildman–Crippen MR) is 119 cm³/mol. The molecule has 0 aliphatic heterocycles. The lowest BCUT2D eigenvalue weighted by Gasteiger charge is -2.12. The van der Waals surface area contributed by atoms with Gasteiger partial charge in [-0.2, -0.15) is 0 Å². The number of hydrogen-bond acceptors (Lipinski definition) is 4. The largest absolute Gasteiger partial charge is 0.494 e. The number of carbonyl (C=O) groups is 2. The van der Waals surface area contributed by atoms with Gasteiger partial charge in [0.05, 0.1) is 17.2 Å². The number of halogens is 2. The summed E-state index contributed by atoms with van der Waals surface area (Å²) in [6, 6.07) is 11.2. The van der Waals surface area contributed by atoms with Crippen molar-refractivity contribution in [1.29, 1.82) is 0 Å². The highest BCUT2D eigenvalue weighted by molar-refractivity contribution is 7.80. The number of hydrazine groups is 1. The molecule has 0 saturated carbocycles. The van der Waals surface area contributed by atoms with Gasteiger partial charge in [0, 0.05) is 10.6 Å². The molecule has 2 aromatic carbocycles. The quantitative estimate of drug-likeness (QED) is 0.446. The van der Waals surface area contributed by atoms with Crippen LogP contribution in [0, 0.1) is 5.92 Å². The molecule has 2 amide bonds. The number of nitrogens with one attached hydrogen (secondary N) is 3. The number of hydrogen-bond donors (Lipinski definition) is 3. The van der Waals surface area contributed by atoms with Crippen LogP contribution in [0.2, 0.25) is 10.0 Å². The van der Waals surface area contributed by atoms with Crippen LogP contribution >= 0.6 is 35.4 Å². The molecule has 0 saturated heterocycles. The Kier molecular flexibility index (Phi) is 8.70. The monoisotopic (exact) mass is 453 g/mol. The van der Waals surface area contributed by atoms with Crippen LogP contribution in [0.1, 0.15) is 41.0 Å². The fourth-order valence-electron chi connectivity index (χ4n) is 2.20. The zero-order valence-corrected chi connectivity index (χ0v) is 18.3. The van der Waals surface area contributed by atoms with Crippen LogP contribution < -0.4 is 20.9 Å². The van der Waals surface area contributed by atoms with E-state index in [-0.39, 0.29) is 15.7 Å². The number of rotatable bonds is 6. The van der Waals surface area contributed by atoms with Crippen LogP contribution in [-0.2, 0) is 0 Å². The molecular formula is C20H21Cl2N3O3S. The molecule has 0 bridgehead atoms. The zero-order valence-electron chi connectivity index (χ0n) is 15.9. The minimum absolute atomic E-state index is 0.0698. The van der Waals surface area contributed by atoms with E-state index in [1.807, 2.05) is 0 Å². The SMILES string of the molecule is CC(C)CCOc1cccc(C(=O)NC(=S)NNC(=O)c2ccc(Cl)cc2Cl)c1. The van der Waals surface area contributed by atoms with Crippen molar-refractivity contribution in [1.82, 2.24) is 16.2 Å². The van der Waals surface area contributed by atoms with Gasteiger partial charge in [-0.25, -0.2) is 0 Å². The summed E-state index contributed by atoms with van der Waals surface area (Å²) in [7, 11) is 0. The third kappa shape index (κ3) is 7.53. The first-order chi connectivity index (χ1) is 13.8. The van der Waals surface area contributed by atoms with Gasteiger partial charge in [-0.1, -0.05) is 43.1 Å². The van der Waals surface area contributed by atoms with Gasteiger partial charge >= 0.3 is 0 Å². The Bertz CT molecular complexity index is 906. The molecular weight excluding hydrogens is 433 g/mol. The smallest absolute Gasteiger partial charge is 0.271 e. The highest BCUT2D eigenvalue weighted by Gasteiger charge is 2.13. The Morgan fingerprint density at radius 2 is 1.83 bits per heavy atom.